The van der Waals surface area contributed by atoms with Crippen molar-refractivity contribution in [2.45, 2.75) is 24.9 Å². The number of rotatable bonds is 4. The number of nitrogen functional groups attached to an aromatic ring is 1. The molecule has 8 heteroatoms. The fraction of sp³-hybridized carbons (Fsp3) is 0.381. The third-order valence-electron chi connectivity index (χ3n) is 6.01. The van der Waals surface area contributed by atoms with Crippen LogP contribution < -0.4 is 5.73 Å². The average Bonchev–Trinajstić information content (AvgIpc) is 3.10. The fourth-order valence-electron chi connectivity index (χ4n) is 4.17. The summed E-state index contributed by atoms with van der Waals surface area (Å²) < 4.78 is 7.40. The number of nitrogens with two attached hydrogens (primary N) is 1. The summed E-state index contributed by atoms with van der Waals surface area (Å²) in [6.45, 7) is 3.88. The van der Waals surface area contributed by atoms with Gasteiger partial charge in [0.05, 0.1) is 30.8 Å². The molecule has 0 atom stereocenters. The van der Waals surface area contributed by atoms with Gasteiger partial charge >= 0.3 is 5.97 Å². The van der Waals surface area contributed by atoms with Crippen molar-refractivity contribution in [3.05, 3.63) is 42.2 Å². The number of carbonyl (C=O) groups is 1. The van der Waals surface area contributed by atoms with Crippen molar-refractivity contribution in [2.75, 3.05) is 32.0 Å². The van der Waals surface area contributed by atoms with Gasteiger partial charge in [-0.25, -0.2) is 9.78 Å². The van der Waals surface area contributed by atoms with Crippen LogP contribution in [0.4, 0.5) is 5.82 Å². The summed E-state index contributed by atoms with van der Waals surface area (Å²) in [7, 11) is 0. The molecule has 2 fully saturated rings. The number of carboxylic acid groups (broad SMARTS) is 1. The second-order valence-corrected chi connectivity index (χ2v) is 7.80. The van der Waals surface area contributed by atoms with Gasteiger partial charge in [0.15, 0.2) is 0 Å². The second kappa shape index (κ2) is 7.13. The molecule has 3 aromatic rings. The Labute approximate surface area is 167 Å². The maximum atomic E-state index is 11.3. The number of fused-ring (bicyclic) bond motifs is 1. The van der Waals surface area contributed by atoms with E-state index in [0.29, 0.717) is 12.1 Å². The fourth-order valence-corrected chi connectivity index (χ4v) is 4.17. The number of likely N-dealkylation sites (tertiary alicyclic amines) is 1. The monoisotopic (exact) mass is 393 g/mol. The van der Waals surface area contributed by atoms with Crippen LogP contribution in [0.3, 0.4) is 0 Å². The number of hydrogen-bond donors (Lipinski definition) is 2. The van der Waals surface area contributed by atoms with Crippen molar-refractivity contribution in [1.29, 1.82) is 0 Å². The number of nitrogens with zero attached hydrogens (tertiary/aromatic N) is 4. The highest BCUT2D eigenvalue weighted by molar-refractivity contribution is 5.94. The third kappa shape index (κ3) is 3.34. The predicted molar refractivity (Wildman–Crippen MR) is 109 cm³/mol. The van der Waals surface area contributed by atoms with Gasteiger partial charge in [0.2, 0.25) is 0 Å². The zero-order valence-corrected chi connectivity index (χ0v) is 16.0. The minimum absolute atomic E-state index is 0.0157. The topological polar surface area (TPSA) is 107 Å². The molecule has 0 amide bonds. The summed E-state index contributed by atoms with van der Waals surface area (Å²) in [4.78, 5) is 17.9. The molecule has 5 rings (SSSR count). The van der Waals surface area contributed by atoms with E-state index in [1.54, 1.807) is 12.3 Å². The molecule has 0 unspecified atom stereocenters. The van der Waals surface area contributed by atoms with Crippen LogP contribution in [-0.2, 0) is 4.74 Å². The normalized spacial score (nSPS) is 18.8. The van der Waals surface area contributed by atoms with Crippen LogP contribution >= 0.6 is 0 Å². The van der Waals surface area contributed by atoms with E-state index in [-0.39, 0.29) is 11.4 Å². The Bertz CT molecular complexity index is 1070. The molecule has 0 spiro atoms. The smallest absolute Gasteiger partial charge is 0.339 e. The van der Waals surface area contributed by atoms with E-state index >= 15 is 0 Å². The highest BCUT2D eigenvalue weighted by Crippen LogP contribution is 2.29. The molecule has 2 saturated heterocycles. The summed E-state index contributed by atoms with van der Waals surface area (Å²) in [5.41, 5.74) is 8.24. The number of carboxylic acids is 1. The van der Waals surface area contributed by atoms with Crippen molar-refractivity contribution < 1.29 is 14.6 Å². The summed E-state index contributed by atoms with van der Waals surface area (Å²) in [5, 5.41) is 15.1. The number of aromatic carboxylic acids is 1. The molecule has 150 valence electrons. The van der Waals surface area contributed by atoms with Crippen molar-refractivity contribution in [3.8, 4) is 11.1 Å². The molecule has 2 aromatic heterocycles. The molecule has 2 aliphatic rings. The number of hydrogen-bond acceptors (Lipinski definition) is 6. The Morgan fingerprint density at radius 1 is 1.14 bits per heavy atom. The minimum Gasteiger partial charge on any atom is -0.478 e. The second-order valence-electron chi connectivity index (χ2n) is 7.80. The van der Waals surface area contributed by atoms with Crippen LogP contribution in [0.25, 0.3) is 22.0 Å². The van der Waals surface area contributed by atoms with Crippen molar-refractivity contribution >= 4 is 22.7 Å². The van der Waals surface area contributed by atoms with Gasteiger partial charge in [-0.15, -0.1) is 0 Å². The molecule has 4 heterocycles. The van der Waals surface area contributed by atoms with E-state index < -0.39 is 5.97 Å². The van der Waals surface area contributed by atoms with E-state index in [0.717, 1.165) is 61.2 Å². The summed E-state index contributed by atoms with van der Waals surface area (Å²) in [6.07, 6.45) is 5.87. The van der Waals surface area contributed by atoms with Crippen LogP contribution in [-0.4, -0.2) is 63.1 Å². The molecule has 3 N–H and O–H groups in total. The standard InChI is InChI=1S/C21H23N5O3/c22-20-18(21(27)28)8-14(9-23-20)13-1-2-19-15(7-13)10-26(24-19)16-3-5-25(6-4-16)17-11-29-12-17/h1-2,7-10,16-17H,3-6,11-12H2,(H2,22,23)(H,27,28). The van der Waals surface area contributed by atoms with E-state index in [1.165, 1.54) is 0 Å². The Kier molecular flexibility index (Phi) is 4.44. The van der Waals surface area contributed by atoms with Gasteiger partial charge in [-0.05, 0) is 36.6 Å². The maximum absolute atomic E-state index is 11.3. The zero-order valence-electron chi connectivity index (χ0n) is 16.0. The van der Waals surface area contributed by atoms with Gasteiger partial charge in [-0.2, -0.15) is 5.10 Å². The molecule has 0 saturated carbocycles. The summed E-state index contributed by atoms with van der Waals surface area (Å²) in [6, 6.07) is 8.50. The first-order chi connectivity index (χ1) is 14.1. The Morgan fingerprint density at radius 3 is 2.62 bits per heavy atom. The van der Waals surface area contributed by atoms with Gasteiger partial charge in [-0.1, -0.05) is 6.07 Å². The SMILES string of the molecule is Nc1ncc(-c2ccc3nn(C4CCN(C5COC5)CC4)cc3c2)cc1C(=O)O. The van der Waals surface area contributed by atoms with Crippen molar-refractivity contribution in [2.24, 2.45) is 0 Å². The van der Waals surface area contributed by atoms with Crippen LogP contribution in [0.15, 0.2) is 36.7 Å². The van der Waals surface area contributed by atoms with E-state index in [9.17, 15) is 9.90 Å². The third-order valence-corrected chi connectivity index (χ3v) is 6.01. The molecule has 0 bridgehead atoms. The largest absolute Gasteiger partial charge is 0.478 e. The summed E-state index contributed by atoms with van der Waals surface area (Å²) in [5.74, 6) is -1.06. The molecule has 8 nitrogen and oxygen atoms in total. The lowest BCUT2D eigenvalue weighted by Crippen LogP contribution is -2.51. The Morgan fingerprint density at radius 2 is 1.93 bits per heavy atom. The van der Waals surface area contributed by atoms with Crippen LogP contribution in [0, 0.1) is 0 Å². The van der Waals surface area contributed by atoms with E-state index in [4.69, 9.17) is 15.6 Å². The van der Waals surface area contributed by atoms with Crippen molar-refractivity contribution in [1.82, 2.24) is 19.7 Å². The van der Waals surface area contributed by atoms with Crippen LogP contribution in [0.2, 0.25) is 0 Å². The molecule has 2 aliphatic heterocycles. The number of aromatic nitrogens is 3. The average molecular weight is 393 g/mol. The van der Waals surface area contributed by atoms with Gasteiger partial charge < -0.3 is 15.6 Å². The number of anilines is 1. The lowest BCUT2D eigenvalue weighted by Gasteiger charge is -2.41. The van der Waals surface area contributed by atoms with Crippen LogP contribution in [0.1, 0.15) is 29.2 Å². The Hall–Kier alpha value is -2.97. The van der Waals surface area contributed by atoms with E-state index in [1.807, 2.05) is 18.2 Å². The first-order valence-corrected chi connectivity index (χ1v) is 9.88. The summed E-state index contributed by atoms with van der Waals surface area (Å²) >= 11 is 0. The number of ether oxygens (including phenoxy) is 1. The molecule has 0 aliphatic carbocycles. The number of piperidine rings is 1. The highest BCUT2D eigenvalue weighted by Gasteiger charge is 2.30. The molecule has 29 heavy (non-hydrogen) atoms. The lowest BCUT2D eigenvalue weighted by molar-refractivity contribution is -0.0734. The first kappa shape index (κ1) is 18.1. The lowest BCUT2D eigenvalue weighted by atomic mass is 10.0. The highest BCUT2D eigenvalue weighted by atomic mass is 16.5. The van der Waals surface area contributed by atoms with Gasteiger partial charge in [-0.3, -0.25) is 9.58 Å². The van der Waals surface area contributed by atoms with Gasteiger partial charge in [0.1, 0.15) is 11.4 Å². The Balaban J connectivity index is 1.38. The molecular weight excluding hydrogens is 370 g/mol. The molecule has 1 aromatic carbocycles. The van der Waals surface area contributed by atoms with Crippen LogP contribution in [0.5, 0.6) is 0 Å². The van der Waals surface area contributed by atoms with Crippen molar-refractivity contribution in [3.63, 3.8) is 0 Å². The van der Waals surface area contributed by atoms with Gasteiger partial charge in [0, 0.05) is 36.4 Å². The maximum Gasteiger partial charge on any atom is 0.339 e. The van der Waals surface area contributed by atoms with E-state index in [2.05, 4.69) is 20.8 Å². The predicted octanol–water partition coefficient (Wildman–Crippen LogP) is 2.41. The zero-order chi connectivity index (χ0) is 20.0. The molecule has 0 radical (unpaired) electrons. The van der Waals surface area contributed by atoms with Gasteiger partial charge in [0.25, 0.3) is 0 Å². The number of benzene rings is 1. The number of pyridine rings is 1. The first-order valence-electron chi connectivity index (χ1n) is 9.88. The quantitative estimate of drug-likeness (QED) is 0.701. The minimum atomic E-state index is -1.08. The molecular formula is C21H23N5O3.